The van der Waals surface area contributed by atoms with E-state index in [4.69, 9.17) is 0 Å². The fourth-order valence-corrected chi connectivity index (χ4v) is 3.11. The number of aromatic nitrogens is 1. The number of aryl methyl sites for hydroxylation is 2. The molecule has 4 nitrogen and oxygen atoms in total. The van der Waals surface area contributed by atoms with Crippen molar-refractivity contribution in [2.45, 2.75) is 39.3 Å². The Hall–Kier alpha value is -1.88. The van der Waals surface area contributed by atoms with Gasteiger partial charge in [0.15, 0.2) is 0 Å². The van der Waals surface area contributed by atoms with Gasteiger partial charge in [-0.05, 0) is 55.8 Å². The third-order valence-electron chi connectivity index (χ3n) is 3.69. The maximum Gasteiger partial charge on any atom is 0.322 e. The highest BCUT2D eigenvalue weighted by Crippen LogP contribution is 2.30. The van der Waals surface area contributed by atoms with E-state index in [0.717, 1.165) is 24.2 Å². The molecule has 1 aliphatic rings. The Balaban J connectivity index is 1.70. The van der Waals surface area contributed by atoms with Crippen LogP contribution in [-0.2, 0) is 6.54 Å². The van der Waals surface area contributed by atoms with Gasteiger partial charge in [0.2, 0.25) is 0 Å². The number of pyridine rings is 1. The van der Waals surface area contributed by atoms with Gasteiger partial charge in [-0.15, -0.1) is 11.3 Å². The number of carbonyl (C=O) groups excluding carboxylic acids is 1. The molecule has 0 atom stereocenters. The molecule has 2 aromatic heterocycles. The van der Waals surface area contributed by atoms with Gasteiger partial charge in [-0.1, -0.05) is 0 Å². The van der Waals surface area contributed by atoms with E-state index in [-0.39, 0.29) is 6.03 Å². The molecule has 0 aliphatic heterocycles. The summed E-state index contributed by atoms with van der Waals surface area (Å²) in [5, 5.41) is 5.03. The van der Waals surface area contributed by atoms with Gasteiger partial charge >= 0.3 is 6.03 Å². The van der Waals surface area contributed by atoms with Crippen LogP contribution >= 0.6 is 11.3 Å². The van der Waals surface area contributed by atoms with Crippen LogP contribution in [0.1, 0.15) is 29.0 Å². The lowest BCUT2D eigenvalue weighted by atomic mass is 10.3. The molecule has 2 heterocycles. The van der Waals surface area contributed by atoms with Crippen molar-refractivity contribution in [3.63, 3.8) is 0 Å². The molecule has 0 unspecified atom stereocenters. The first kappa shape index (κ1) is 14.1. The first-order chi connectivity index (χ1) is 10.1. The van der Waals surface area contributed by atoms with Crippen molar-refractivity contribution in [2.24, 2.45) is 0 Å². The van der Waals surface area contributed by atoms with Crippen LogP contribution in [0, 0.1) is 13.8 Å². The zero-order valence-corrected chi connectivity index (χ0v) is 13.1. The first-order valence-electron chi connectivity index (χ1n) is 7.17. The molecule has 1 aliphatic carbocycles. The molecule has 0 radical (unpaired) electrons. The predicted octanol–water partition coefficient (Wildman–Crippen LogP) is 3.96. The van der Waals surface area contributed by atoms with Crippen molar-refractivity contribution in [3.8, 4) is 0 Å². The summed E-state index contributed by atoms with van der Waals surface area (Å²) in [6.07, 6.45) is 3.91. The third kappa shape index (κ3) is 3.42. The molecule has 1 fully saturated rings. The summed E-state index contributed by atoms with van der Waals surface area (Å²) in [5.74, 6) is 0. The van der Waals surface area contributed by atoms with E-state index < -0.39 is 0 Å². The topological polar surface area (TPSA) is 45.2 Å². The van der Waals surface area contributed by atoms with Crippen molar-refractivity contribution in [1.29, 1.82) is 0 Å². The van der Waals surface area contributed by atoms with Crippen molar-refractivity contribution < 1.29 is 4.79 Å². The van der Waals surface area contributed by atoms with E-state index in [1.54, 1.807) is 17.5 Å². The molecule has 2 aromatic rings. The van der Waals surface area contributed by atoms with Gasteiger partial charge in [0, 0.05) is 16.6 Å². The quantitative estimate of drug-likeness (QED) is 0.929. The highest BCUT2D eigenvalue weighted by molar-refractivity contribution is 7.10. The van der Waals surface area contributed by atoms with E-state index in [9.17, 15) is 4.79 Å². The number of nitrogens with zero attached hydrogens (tertiary/aromatic N) is 2. The van der Waals surface area contributed by atoms with Gasteiger partial charge in [0.25, 0.3) is 0 Å². The molecule has 0 saturated heterocycles. The maximum atomic E-state index is 12.5. The first-order valence-corrected chi connectivity index (χ1v) is 8.04. The van der Waals surface area contributed by atoms with E-state index in [0.29, 0.717) is 12.6 Å². The number of urea groups is 1. The minimum Gasteiger partial charge on any atom is -0.316 e. The Bertz CT molecular complexity index is 631. The summed E-state index contributed by atoms with van der Waals surface area (Å²) in [6, 6.07) is 6.25. The highest BCUT2D eigenvalue weighted by Gasteiger charge is 2.33. The van der Waals surface area contributed by atoms with Gasteiger partial charge in [0.1, 0.15) is 0 Å². The van der Waals surface area contributed by atoms with Gasteiger partial charge in [0.05, 0.1) is 18.4 Å². The second kappa shape index (κ2) is 5.85. The fourth-order valence-electron chi connectivity index (χ4n) is 2.21. The molecule has 21 heavy (non-hydrogen) atoms. The molecule has 0 spiro atoms. The van der Waals surface area contributed by atoms with Gasteiger partial charge in [-0.25, -0.2) is 4.79 Å². The zero-order valence-electron chi connectivity index (χ0n) is 12.3. The van der Waals surface area contributed by atoms with E-state index >= 15 is 0 Å². The summed E-state index contributed by atoms with van der Waals surface area (Å²) in [7, 11) is 0. The lowest BCUT2D eigenvalue weighted by molar-refractivity contribution is 0.206. The third-order valence-corrected chi connectivity index (χ3v) is 4.70. The number of carbonyl (C=O) groups is 1. The maximum absolute atomic E-state index is 12.5. The second-order valence-corrected chi connectivity index (χ2v) is 6.50. The summed E-state index contributed by atoms with van der Waals surface area (Å²) in [6.45, 7) is 4.72. The van der Waals surface area contributed by atoms with Crippen LogP contribution in [0.5, 0.6) is 0 Å². The zero-order chi connectivity index (χ0) is 14.8. The number of rotatable bonds is 4. The monoisotopic (exact) mass is 301 g/mol. The molecule has 1 N–H and O–H groups in total. The number of amides is 2. The van der Waals surface area contributed by atoms with Crippen molar-refractivity contribution in [3.05, 3.63) is 45.9 Å². The molecule has 2 amide bonds. The molecule has 110 valence electrons. The van der Waals surface area contributed by atoms with Crippen LogP contribution in [0.2, 0.25) is 0 Å². The van der Waals surface area contributed by atoms with Crippen LogP contribution in [0.4, 0.5) is 10.5 Å². The standard InChI is InChI=1S/C16H19N3OS/c1-11-7-8-21-15(11)10-19(14-5-6-14)16(20)18-13-4-3-12(2)17-9-13/h3-4,7-9,14H,5-6,10H2,1-2H3,(H,18,20). The lowest BCUT2D eigenvalue weighted by Crippen LogP contribution is -2.36. The second-order valence-electron chi connectivity index (χ2n) is 5.50. The normalized spacial score (nSPS) is 14.0. The largest absolute Gasteiger partial charge is 0.322 e. The van der Waals surface area contributed by atoms with Crippen molar-refractivity contribution in [1.82, 2.24) is 9.88 Å². The lowest BCUT2D eigenvalue weighted by Gasteiger charge is -2.22. The van der Waals surface area contributed by atoms with Crippen molar-refractivity contribution in [2.75, 3.05) is 5.32 Å². The summed E-state index contributed by atoms with van der Waals surface area (Å²) in [5.41, 5.74) is 2.95. The summed E-state index contributed by atoms with van der Waals surface area (Å²) in [4.78, 5) is 19.9. The number of hydrogen-bond acceptors (Lipinski definition) is 3. The molecule has 0 aromatic carbocycles. The average molecular weight is 301 g/mol. The Labute approximate surface area is 128 Å². The molecule has 5 heteroatoms. The Morgan fingerprint density at radius 2 is 2.19 bits per heavy atom. The Kier molecular flexibility index (Phi) is 3.92. The highest BCUT2D eigenvalue weighted by atomic mass is 32.1. The Morgan fingerprint density at radius 3 is 2.76 bits per heavy atom. The molecule has 3 rings (SSSR count). The average Bonchev–Trinajstić information content (AvgIpc) is 3.22. The van der Waals surface area contributed by atoms with Gasteiger partial charge in [-0.2, -0.15) is 0 Å². The number of hydrogen-bond donors (Lipinski definition) is 1. The predicted molar refractivity (Wildman–Crippen MR) is 85.6 cm³/mol. The SMILES string of the molecule is Cc1ccc(NC(=O)N(Cc2sccc2C)C2CC2)cn1. The smallest absolute Gasteiger partial charge is 0.316 e. The van der Waals surface area contributed by atoms with Crippen molar-refractivity contribution >= 4 is 23.1 Å². The van der Waals surface area contributed by atoms with E-state index in [1.165, 1.54) is 10.4 Å². The van der Waals surface area contributed by atoms with Gasteiger partial charge < -0.3 is 10.2 Å². The fraction of sp³-hybridized carbons (Fsp3) is 0.375. The minimum atomic E-state index is -0.0315. The van der Waals surface area contributed by atoms with E-state index in [1.807, 2.05) is 24.0 Å². The number of nitrogens with one attached hydrogen (secondary N) is 1. The number of thiophene rings is 1. The summed E-state index contributed by atoms with van der Waals surface area (Å²) >= 11 is 1.71. The van der Waals surface area contributed by atoms with E-state index in [2.05, 4.69) is 28.7 Å². The number of anilines is 1. The van der Waals surface area contributed by atoms with Crippen LogP contribution in [-0.4, -0.2) is 22.0 Å². The molecule has 0 bridgehead atoms. The van der Waals surface area contributed by atoms with Crippen LogP contribution in [0.25, 0.3) is 0 Å². The molecular weight excluding hydrogens is 282 g/mol. The summed E-state index contributed by atoms with van der Waals surface area (Å²) < 4.78 is 0. The van der Waals surface area contributed by atoms with Crippen LogP contribution in [0.3, 0.4) is 0 Å². The Morgan fingerprint density at radius 1 is 1.38 bits per heavy atom. The van der Waals surface area contributed by atoms with Gasteiger partial charge in [-0.3, -0.25) is 4.98 Å². The minimum absolute atomic E-state index is 0.0315. The molecule has 1 saturated carbocycles. The van der Waals surface area contributed by atoms with Crippen LogP contribution < -0.4 is 5.32 Å². The molecular formula is C16H19N3OS. The van der Waals surface area contributed by atoms with Crippen LogP contribution in [0.15, 0.2) is 29.8 Å².